The maximum Gasteiger partial charge on any atom is 0.307 e. The van der Waals surface area contributed by atoms with E-state index in [0.29, 0.717) is 13.0 Å². The Labute approximate surface area is 106 Å². The highest BCUT2D eigenvalue weighted by molar-refractivity contribution is 5.70. The number of hydrogen-bond donors (Lipinski definition) is 1. The highest BCUT2D eigenvalue weighted by Crippen LogP contribution is 2.19. The first-order chi connectivity index (χ1) is 8.08. The van der Waals surface area contributed by atoms with Gasteiger partial charge in [-0.15, -0.1) is 0 Å². The monoisotopic (exact) mass is 243 g/mol. The average molecular weight is 243 g/mol. The van der Waals surface area contributed by atoms with Crippen LogP contribution in [-0.2, 0) is 9.53 Å². The van der Waals surface area contributed by atoms with Gasteiger partial charge in [-0.2, -0.15) is 0 Å². The van der Waals surface area contributed by atoms with Gasteiger partial charge in [-0.3, -0.25) is 4.79 Å². The Morgan fingerprint density at radius 3 is 2.35 bits per heavy atom. The lowest BCUT2D eigenvalue weighted by molar-refractivity contribution is -0.144. The third-order valence-electron chi connectivity index (χ3n) is 3.28. The Balaban J connectivity index is 3.88. The van der Waals surface area contributed by atoms with Crippen LogP contribution in [0.2, 0.25) is 0 Å². The first kappa shape index (κ1) is 16.4. The molecule has 0 aliphatic rings. The maximum absolute atomic E-state index is 11.5. The first-order valence-corrected chi connectivity index (χ1v) is 6.92. The number of carbonyl (C=O) groups is 1. The predicted molar refractivity (Wildman–Crippen MR) is 72.1 cm³/mol. The van der Waals surface area contributed by atoms with E-state index in [9.17, 15) is 4.79 Å². The Morgan fingerprint density at radius 2 is 1.82 bits per heavy atom. The van der Waals surface area contributed by atoms with E-state index < -0.39 is 0 Å². The minimum absolute atomic E-state index is 0.0992. The molecule has 1 atom stereocenters. The van der Waals surface area contributed by atoms with Gasteiger partial charge in [0, 0.05) is 5.54 Å². The van der Waals surface area contributed by atoms with Gasteiger partial charge in [-0.05, 0) is 27.3 Å². The lowest BCUT2D eigenvalue weighted by atomic mass is 9.90. The van der Waals surface area contributed by atoms with E-state index >= 15 is 0 Å². The fourth-order valence-electron chi connectivity index (χ4n) is 1.95. The molecule has 1 N–H and O–H groups in total. The molecule has 0 rings (SSSR count). The van der Waals surface area contributed by atoms with E-state index in [-0.39, 0.29) is 11.5 Å². The molecule has 0 aliphatic heterocycles. The summed E-state index contributed by atoms with van der Waals surface area (Å²) < 4.78 is 5.01. The third kappa shape index (κ3) is 8.19. The number of rotatable bonds is 10. The van der Waals surface area contributed by atoms with Crippen molar-refractivity contribution in [2.45, 2.75) is 71.3 Å². The zero-order valence-corrected chi connectivity index (χ0v) is 12.0. The van der Waals surface area contributed by atoms with Gasteiger partial charge in [0.2, 0.25) is 0 Å². The van der Waals surface area contributed by atoms with Crippen LogP contribution in [0.3, 0.4) is 0 Å². The Kier molecular flexibility index (Phi) is 9.14. The van der Waals surface area contributed by atoms with Crippen LogP contribution in [0.4, 0.5) is 0 Å². The number of esters is 1. The first-order valence-electron chi connectivity index (χ1n) is 6.92. The highest BCUT2D eigenvalue weighted by Gasteiger charge is 2.25. The number of unbranched alkanes of at least 4 members (excludes halogenated alkanes) is 4. The van der Waals surface area contributed by atoms with Crippen LogP contribution in [0.5, 0.6) is 0 Å². The standard InChI is InChI=1S/C14H29NO2/c1-5-7-8-9-10-11-14(3,15-4)12-13(16)17-6-2/h15H,5-12H2,1-4H3. The summed E-state index contributed by atoms with van der Waals surface area (Å²) >= 11 is 0. The Morgan fingerprint density at radius 1 is 1.18 bits per heavy atom. The van der Waals surface area contributed by atoms with Crippen molar-refractivity contribution in [2.75, 3.05) is 13.7 Å². The molecule has 0 amide bonds. The summed E-state index contributed by atoms with van der Waals surface area (Å²) in [5, 5.41) is 3.26. The number of hydrogen-bond acceptors (Lipinski definition) is 3. The van der Waals surface area contributed by atoms with E-state index in [1.807, 2.05) is 14.0 Å². The summed E-state index contributed by atoms with van der Waals surface area (Å²) in [5.74, 6) is -0.0992. The van der Waals surface area contributed by atoms with Crippen molar-refractivity contribution in [3.05, 3.63) is 0 Å². The van der Waals surface area contributed by atoms with Crippen LogP contribution in [0.15, 0.2) is 0 Å². The lowest BCUT2D eigenvalue weighted by Gasteiger charge is -2.28. The quantitative estimate of drug-likeness (QED) is 0.473. The van der Waals surface area contributed by atoms with Crippen LogP contribution in [-0.4, -0.2) is 25.2 Å². The summed E-state index contributed by atoms with van der Waals surface area (Å²) in [7, 11) is 1.92. The van der Waals surface area contributed by atoms with E-state index in [4.69, 9.17) is 4.74 Å². The van der Waals surface area contributed by atoms with Gasteiger partial charge >= 0.3 is 5.97 Å². The van der Waals surface area contributed by atoms with Gasteiger partial charge in [0.25, 0.3) is 0 Å². The van der Waals surface area contributed by atoms with Gasteiger partial charge < -0.3 is 10.1 Å². The Hall–Kier alpha value is -0.570. The molecule has 0 saturated carbocycles. The van der Waals surface area contributed by atoms with Crippen LogP contribution >= 0.6 is 0 Å². The summed E-state index contributed by atoms with van der Waals surface area (Å²) in [6, 6.07) is 0. The number of nitrogens with one attached hydrogen (secondary N) is 1. The SMILES string of the molecule is CCCCCCCC(C)(CC(=O)OCC)NC. The molecule has 0 saturated heterocycles. The number of ether oxygens (including phenoxy) is 1. The van der Waals surface area contributed by atoms with Gasteiger partial charge in [-0.25, -0.2) is 0 Å². The largest absolute Gasteiger partial charge is 0.466 e. The van der Waals surface area contributed by atoms with Crippen molar-refractivity contribution < 1.29 is 9.53 Å². The molecule has 0 aromatic carbocycles. The smallest absolute Gasteiger partial charge is 0.307 e. The molecule has 0 aromatic rings. The fraction of sp³-hybridized carbons (Fsp3) is 0.929. The molecule has 0 spiro atoms. The second-order valence-electron chi connectivity index (χ2n) is 4.96. The van der Waals surface area contributed by atoms with Gasteiger partial charge in [-0.1, -0.05) is 39.0 Å². The zero-order valence-electron chi connectivity index (χ0n) is 12.0. The van der Waals surface area contributed by atoms with Crippen molar-refractivity contribution in [1.29, 1.82) is 0 Å². The zero-order chi connectivity index (χ0) is 13.1. The molecular weight excluding hydrogens is 214 g/mol. The summed E-state index contributed by atoms with van der Waals surface area (Å²) in [6.07, 6.45) is 7.82. The van der Waals surface area contributed by atoms with Crippen molar-refractivity contribution in [2.24, 2.45) is 0 Å². The molecule has 0 fully saturated rings. The molecule has 0 aliphatic carbocycles. The maximum atomic E-state index is 11.5. The summed E-state index contributed by atoms with van der Waals surface area (Å²) in [4.78, 5) is 11.5. The summed E-state index contributed by atoms with van der Waals surface area (Å²) in [5.41, 5.74) is -0.113. The van der Waals surface area contributed by atoms with E-state index in [1.54, 1.807) is 0 Å². The van der Waals surface area contributed by atoms with Gasteiger partial charge in [0.05, 0.1) is 13.0 Å². The molecule has 1 unspecified atom stereocenters. The topological polar surface area (TPSA) is 38.3 Å². The molecule has 0 bridgehead atoms. The van der Waals surface area contributed by atoms with Crippen molar-refractivity contribution in [3.63, 3.8) is 0 Å². The molecule has 0 aromatic heterocycles. The molecule has 3 nitrogen and oxygen atoms in total. The van der Waals surface area contributed by atoms with Crippen molar-refractivity contribution in [1.82, 2.24) is 5.32 Å². The van der Waals surface area contributed by atoms with Crippen LogP contribution in [0.1, 0.15) is 65.7 Å². The normalized spacial score (nSPS) is 14.4. The molecule has 0 radical (unpaired) electrons. The molecule has 17 heavy (non-hydrogen) atoms. The van der Waals surface area contributed by atoms with E-state index in [0.717, 1.165) is 6.42 Å². The average Bonchev–Trinajstić information content (AvgIpc) is 2.29. The second kappa shape index (κ2) is 9.46. The molecule has 0 heterocycles. The molecule has 102 valence electrons. The van der Waals surface area contributed by atoms with Gasteiger partial charge in [0.15, 0.2) is 0 Å². The van der Waals surface area contributed by atoms with Crippen LogP contribution < -0.4 is 5.32 Å². The minimum Gasteiger partial charge on any atom is -0.466 e. The highest BCUT2D eigenvalue weighted by atomic mass is 16.5. The third-order valence-corrected chi connectivity index (χ3v) is 3.28. The minimum atomic E-state index is -0.113. The molecule has 3 heteroatoms. The number of carbonyl (C=O) groups excluding carboxylic acids is 1. The van der Waals surface area contributed by atoms with Crippen molar-refractivity contribution in [3.8, 4) is 0 Å². The second-order valence-corrected chi connectivity index (χ2v) is 4.96. The van der Waals surface area contributed by atoms with E-state index in [2.05, 4.69) is 19.2 Å². The van der Waals surface area contributed by atoms with Crippen LogP contribution in [0.25, 0.3) is 0 Å². The lowest BCUT2D eigenvalue weighted by Crippen LogP contribution is -2.42. The fourth-order valence-corrected chi connectivity index (χ4v) is 1.95. The summed E-state index contributed by atoms with van der Waals surface area (Å²) in [6.45, 7) is 6.64. The van der Waals surface area contributed by atoms with Crippen LogP contribution in [0, 0.1) is 0 Å². The Bertz CT molecular complexity index is 206. The predicted octanol–water partition coefficient (Wildman–Crippen LogP) is 3.28. The molecular formula is C14H29NO2. The van der Waals surface area contributed by atoms with Crippen molar-refractivity contribution >= 4 is 5.97 Å². The van der Waals surface area contributed by atoms with E-state index in [1.165, 1.54) is 32.1 Å². The van der Waals surface area contributed by atoms with Gasteiger partial charge in [0.1, 0.15) is 0 Å².